The molecule has 5 heteroatoms. The Labute approximate surface area is 138 Å². The minimum atomic E-state index is -0.298. The zero-order valence-electron chi connectivity index (χ0n) is 12.7. The molecule has 23 heavy (non-hydrogen) atoms. The van der Waals surface area contributed by atoms with Gasteiger partial charge in [-0.25, -0.2) is 4.99 Å². The van der Waals surface area contributed by atoms with Crippen LogP contribution in [0.3, 0.4) is 0 Å². The number of thioether (sulfide) groups is 1. The van der Waals surface area contributed by atoms with E-state index in [1.54, 1.807) is 24.3 Å². The summed E-state index contributed by atoms with van der Waals surface area (Å²) in [5.74, 6) is 0.0851. The highest BCUT2D eigenvalue weighted by Gasteiger charge is 2.23. The molecule has 0 aromatic heterocycles. The highest BCUT2D eigenvalue weighted by atomic mass is 32.2. The molecular weight excluding hydrogens is 310 g/mol. The fraction of sp³-hybridized carbons (Fsp3) is 0.111. The van der Waals surface area contributed by atoms with Crippen molar-refractivity contribution in [2.24, 2.45) is 4.99 Å². The van der Waals surface area contributed by atoms with Gasteiger partial charge >= 0.3 is 0 Å². The van der Waals surface area contributed by atoms with Crippen molar-refractivity contribution in [2.45, 2.75) is 6.92 Å². The van der Waals surface area contributed by atoms with Crippen LogP contribution < -0.4 is 4.74 Å². The predicted molar refractivity (Wildman–Crippen MR) is 92.9 cm³/mol. The molecule has 1 N–H and O–H groups in total. The Bertz CT molecular complexity index is 823. The Balaban J connectivity index is 1.89. The van der Waals surface area contributed by atoms with Crippen LogP contribution in [0.1, 0.15) is 16.7 Å². The molecule has 0 saturated heterocycles. The van der Waals surface area contributed by atoms with Crippen molar-refractivity contribution >= 4 is 28.8 Å². The third kappa shape index (κ3) is 3.14. The van der Waals surface area contributed by atoms with Gasteiger partial charge in [0.2, 0.25) is 0 Å². The van der Waals surface area contributed by atoms with E-state index in [0.29, 0.717) is 21.3 Å². The number of methoxy groups -OCH3 is 1. The lowest BCUT2D eigenvalue weighted by Crippen LogP contribution is -1.90. The molecule has 116 valence electrons. The number of phenolic OH excluding ortho intramolecular Hbond substituents is 1. The van der Waals surface area contributed by atoms with Crippen LogP contribution in [0, 0.1) is 6.92 Å². The van der Waals surface area contributed by atoms with Gasteiger partial charge in [0.05, 0.1) is 12.0 Å². The number of rotatable bonds is 3. The van der Waals surface area contributed by atoms with Crippen LogP contribution in [0.5, 0.6) is 11.5 Å². The highest BCUT2D eigenvalue weighted by Crippen LogP contribution is 2.36. The van der Waals surface area contributed by atoms with Gasteiger partial charge in [-0.2, -0.15) is 0 Å². The van der Waals surface area contributed by atoms with E-state index in [1.807, 2.05) is 31.2 Å². The van der Waals surface area contributed by atoms with Gasteiger partial charge in [0, 0.05) is 11.1 Å². The van der Waals surface area contributed by atoms with Gasteiger partial charge in [-0.05, 0) is 19.1 Å². The first-order valence-electron chi connectivity index (χ1n) is 7.04. The molecule has 1 heterocycles. The molecule has 0 spiro atoms. The van der Waals surface area contributed by atoms with Gasteiger partial charge in [0.15, 0.2) is 11.5 Å². The number of hydrogen-bond acceptors (Lipinski definition) is 4. The molecule has 0 bridgehead atoms. The topological polar surface area (TPSA) is 58.9 Å². The maximum absolute atomic E-state index is 12.1. The Morgan fingerprint density at radius 3 is 2.61 bits per heavy atom. The molecule has 4 nitrogen and oxygen atoms in total. The second-order valence-electron chi connectivity index (χ2n) is 5.10. The van der Waals surface area contributed by atoms with E-state index >= 15 is 0 Å². The minimum absolute atomic E-state index is 0.0136. The molecular formula is C18H15NO3S. The largest absolute Gasteiger partial charge is 0.504 e. The average molecular weight is 325 g/mol. The van der Waals surface area contributed by atoms with E-state index in [1.165, 1.54) is 18.9 Å². The Kier molecular flexibility index (Phi) is 4.21. The number of carbonyl (C=O) groups excluding carboxylic acids is 1. The number of carbonyl (C=O) groups is 1. The number of para-hydroxylation sites is 1. The smallest absolute Gasteiger partial charge is 0.284 e. The fourth-order valence-corrected chi connectivity index (χ4v) is 3.10. The summed E-state index contributed by atoms with van der Waals surface area (Å²) < 4.78 is 5.08. The van der Waals surface area contributed by atoms with Crippen LogP contribution in [0.25, 0.3) is 6.08 Å². The Morgan fingerprint density at radius 1 is 1.17 bits per heavy atom. The Hall–Kier alpha value is -2.53. The van der Waals surface area contributed by atoms with Crippen molar-refractivity contribution < 1.29 is 14.6 Å². The number of nitrogens with zero attached hydrogens (tertiary/aromatic N) is 1. The van der Waals surface area contributed by atoms with Crippen LogP contribution in [0.2, 0.25) is 0 Å². The molecule has 0 aliphatic carbocycles. The van der Waals surface area contributed by atoms with E-state index in [-0.39, 0.29) is 11.7 Å². The summed E-state index contributed by atoms with van der Waals surface area (Å²) in [7, 11) is 1.49. The first kappa shape index (κ1) is 15.4. The van der Waals surface area contributed by atoms with Crippen LogP contribution in [-0.4, -0.2) is 23.2 Å². The van der Waals surface area contributed by atoms with Crippen molar-refractivity contribution in [3.63, 3.8) is 0 Å². The standard InChI is InChI=1S/C18H15NO3S/c1-11-6-8-12(9-7-11)18-19-17(21)15(23-18)10-13-4-3-5-14(22-2)16(13)20/h3-10,20H,1-2H3/b15-10+. The maximum atomic E-state index is 12.1. The average Bonchev–Trinajstić information content (AvgIpc) is 2.91. The number of aromatic hydroxyl groups is 1. The second-order valence-corrected chi connectivity index (χ2v) is 6.13. The van der Waals surface area contributed by atoms with E-state index in [0.717, 1.165) is 11.1 Å². The van der Waals surface area contributed by atoms with E-state index in [4.69, 9.17) is 4.74 Å². The fourth-order valence-electron chi connectivity index (χ4n) is 2.19. The molecule has 0 radical (unpaired) electrons. The van der Waals surface area contributed by atoms with Gasteiger partial charge in [0.1, 0.15) is 5.04 Å². The van der Waals surface area contributed by atoms with Crippen LogP contribution >= 0.6 is 11.8 Å². The predicted octanol–water partition coefficient (Wildman–Crippen LogP) is 3.77. The summed E-state index contributed by atoms with van der Waals surface area (Å²) in [6.45, 7) is 2.01. The quantitative estimate of drug-likeness (QED) is 0.873. The molecule has 1 aliphatic heterocycles. The zero-order chi connectivity index (χ0) is 16.4. The molecule has 2 aromatic carbocycles. The first-order valence-corrected chi connectivity index (χ1v) is 7.85. The number of benzene rings is 2. The van der Waals surface area contributed by atoms with Crippen molar-refractivity contribution in [3.05, 3.63) is 64.1 Å². The van der Waals surface area contributed by atoms with Crippen molar-refractivity contribution in [1.82, 2.24) is 0 Å². The van der Waals surface area contributed by atoms with E-state index < -0.39 is 0 Å². The summed E-state index contributed by atoms with van der Waals surface area (Å²) >= 11 is 1.30. The molecule has 0 fully saturated rings. The number of aryl methyl sites for hydroxylation is 1. The summed E-state index contributed by atoms with van der Waals surface area (Å²) in [5.41, 5.74) is 2.59. The van der Waals surface area contributed by atoms with Crippen LogP contribution in [0.4, 0.5) is 0 Å². The number of hydrogen-bond donors (Lipinski definition) is 1. The van der Waals surface area contributed by atoms with Crippen molar-refractivity contribution in [1.29, 1.82) is 0 Å². The minimum Gasteiger partial charge on any atom is -0.504 e. The summed E-state index contributed by atoms with van der Waals surface area (Å²) in [6.07, 6.45) is 1.63. The molecule has 1 aliphatic rings. The monoisotopic (exact) mass is 325 g/mol. The molecule has 2 aromatic rings. The molecule has 1 amide bonds. The van der Waals surface area contributed by atoms with E-state index in [2.05, 4.69) is 4.99 Å². The van der Waals surface area contributed by atoms with Crippen molar-refractivity contribution in [3.8, 4) is 11.5 Å². The zero-order valence-corrected chi connectivity index (χ0v) is 13.6. The SMILES string of the molecule is COc1cccc(/C=C2/SC(c3ccc(C)cc3)=NC2=O)c1O. The van der Waals surface area contributed by atoms with Crippen molar-refractivity contribution in [2.75, 3.05) is 7.11 Å². The van der Waals surface area contributed by atoms with Gasteiger partial charge in [-0.15, -0.1) is 0 Å². The lowest BCUT2D eigenvalue weighted by molar-refractivity contribution is -0.113. The molecule has 0 unspecified atom stereocenters. The lowest BCUT2D eigenvalue weighted by Gasteiger charge is -2.06. The molecule has 3 rings (SSSR count). The third-order valence-electron chi connectivity index (χ3n) is 3.46. The summed E-state index contributed by atoms with van der Waals surface area (Å²) in [4.78, 5) is 16.7. The lowest BCUT2D eigenvalue weighted by atomic mass is 10.1. The van der Waals surface area contributed by atoms with Gasteiger partial charge in [-0.1, -0.05) is 53.7 Å². The van der Waals surface area contributed by atoms with Crippen LogP contribution in [-0.2, 0) is 4.79 Å². The van der Waals surface area contributed by atoms with Crippen LogP contribution in [0.15, 0.2) is 52.4 Å². The second kappa shape index (κ2) is 6.30. The normalized spacial score (nSPS) is 15.8. The number of amides is 1. The number of ether oxygens (including phenoxy) is 1. The molecule has 0 atom stereocenters. The highest BCUT2D eigenvalue weighted by molar-refractivity contribution is 8.19. The third-order valence-corrected chi connectivity index (χ3v) is 4.49. The number of aliphatic imine (C=N–C) groups is 1. The van der Waals surface area contributed by atoms with E-state index in [9.17, 15) is 9.90 Å². The maximum Gasteiger partial charge on any atom is 0.284 e. The van der Waals surface area contributed by atoms with Gasteiger partial charge in [-0.3, -0.25) is 4.79 Å². The summed E-state index contributed by atoms with van der Waals surface area (Å²) in [6, 6.07) is 13.0. The Morgan fingerprint density at radius 2 is 1.91 bits per heavy atom. The first-order chi connectivity index (χ1) is 11.1. The van der Waals surface area contributed by atoms with Gasteiger partial charge < -0.3 is 9.84 Å². The molecule has 0 saturated carbocycles. The summed E-state index contributed by atoms with van der Waals surface area (Å²) in [5, 5.41) is 10.8. The number of phenols is 1. The van der Waals surface area contributed by atoms with Gasteiger partial charge in [0.25, 0.3) is 5.91 Å².